The van der Waals surface area contributed by atoms with Crippen LogP contribution in [0.3, 0.4) is 0 Å². The average molecular weight is 295 g/mol. The van der Waals surface area contributed by atoms with Gasteiger partial charge in [0.1, 0.15) is 0 Å². The van der Waals surface area contributed by atoms with E-state index in [4.69, 9.17) is 11.0 Å². The Hall–Kier alpha value is -1.91. The number of primary amides is 1. The maximum absolute atomic E-state index is 12.1. The van der Waals surface area contributed by atoms with Crippen molar-refractivity contribution in [2.45, 2.75) is 24.3 Å². The molecular formula is C13H17N3O3S. The Balaban J connectivity index is 2.62. The molecule has 0 bridgehead atoms. The lowest BCUT2D eigenvalue weighted by molar-refractivity contribution is -0.118. The van der Waals surface area contributed by atoms with Gasteiger partial charge >= 0.3 is 0 Å². The summed E-state index contributed by atoms with van der Waals surface area (Å²) in [6.07, 6.45) is 0.157. The predicted octanol–water partition coefficient (Wildman–Crippen LogP) is 0.185. The van der Waals surface area contributed by atoms with Gasteiger partial charge in [-0.3, -0.25) is 4.79 Å². The van der Waals surface area contributed by atoms with E-state index >= 15 is 0 Å². The lowest BCUT2D eigenvalue weighted by atomic mass is 10.2. The van der Waals surface area contributed by atoms with Gasteiger partial charge in [0, 0.05) is 19.0 Å². The van der Waals surface area contributed by atoms with E-state index in [1.54, 1.807) is 13.0 Å². The summed E-state index contributed by atoms with van der Waals surface area (Å²) in [4.78, 5) is 10.8. The van der Waals surface area contributed by atoms with Crippen molar-refractivity contribution in [3.8, 4) is 6.07 Å². The van der Waals surface area contributed by atoms with Crippen LogP contribution >= 0.6 is 0 Å². The van der Waals surface area contributed by atoms with Gasteiger partial charge in [-0.25, -0.2) is 8.42 Å². The van der Waals surface area contributed by atoms with E-state index in [1.807, 2.05) is 6.07 Å². The molecule has 0 aromatic heterocycles. The molecule has 20 heavy (non-hydrogen) atoms. The Morgan fingerprint density at radius 1 is 1.50 bits per heavy atom. The van der Waals surface area contributed by atoms with Crippen LogP contribution in [0.5, 0.6) is 0 Å². The lowest BCUT2D eigenvalue weighted by Crippen LogP contribution is -2.34. The number of nitrogens with one attached hydrogen (secondary N) is 1. The molecule has 1 rings (SSSR count). The molecule has 0 radical (unpaired) electrons. The minimum atomic E-state index is -3.45. The number of nitriles is 1. The largest absolute Gasteiger partial charge is 0.370 e. The standard InChI is InChI=1S/C13H17N3O3S/c1-10(7-13(15)17)16-5-6-20(18,19)12-4-2-3-11(8-12)9-14/h2-4,8,10,16H,5-7H2,1H3,(H2,15,17). The van der Waals surface area contributed by atoms with Crippen molar-refractivity contribution in [2.24, 2.45) is 5.73 Å². The number of hydrogen-bond donors (Lipinski definition) is 2. The fourth-order valence-electron chi connectivity index (χ4n) is 1.69. The molecule has 0 spiro atoms. The summed E-state index contributed by atoms with van der Waals surface area (Å²) in [5.74, 6) is -0.542. The van der Waals surface area contributed by atoms with E-state index in [-0.39, 0.29) is 29.7 Å². The molecule has 0 aliphatic rings. The maximum Gasteiger partial charge on any atom is 0.218 e. The van der Waals surface area contributed by atoms with Crippen molar-refractivity contribution in [1.29, 1.82) is 5.26 Å². The highest BCUT2D eigenvalue weighted by Crippen LogP contribution is 2.12. The molecule has 0 heterocycles. The fraction of sp³-hybridized carbons (Fsp3) is 0.385. The van der Waals surface area contributed by atoms with Gasteiger partial charge in [0.2, 0.25) is 5.91 Å². The quantitative estimate of drug-likeness (QED) is 0.745. The van der Waals surface area contributed by atoms with E-state index in [9.17, 15) is 13.2 Å². The van der Waals surface area contributed by atoms with Crippen molar-refractivity contribution >= 4 is 15.7 Å². The zero-order chi connectivity index (χ0) is 15.2. The highest BCUT2D eigenvalue weighted by molar-refractivity contribution is 7.91. The summed E-state index contributed by atoms with van der Waals surface area (Å²) < 4.78 is 24.1. The number of benzene rings is 1. The van der Waals surface area contributed by atoms with Gasteiger partial charge in [0.05, 0.1) is 22.3 Å². The molecule has 0 aliphatic carbocycles. The molecule has 1 amide bonds. The van der Waals surface area contributed by atoms with Crippen LogP contribution in [0.4, 0.5) is 0 Å². The first kappa shape index (κ1) is 16.1. The average Bonchev–Trinajstić information content (AvgIpc) is 2.37. The number of hydrogen-bond acceptors (Lipinski definition) is 5. The van der Waals surface area contributed by atoms with E-state index < -0.39 is 15.7 Å². The summed E-state index contributed by atoms with van der Waals surface area (Å²) >= 11 is 0. The summed E-state index contributed by atoms with van der Waals surface area (Å²) in [6, 6.07) is 7.63. The molecule has 1 aromatic rings. The minimum Gasteiger partial charge on any atom is -0.370 e. The van der Waals surface area contributed by atoms with E-state index in [1.165, 1.54) is 18.2 Å². The summed E-state index contributed by atoms with van der Waals surface area (Å²) in [5.41, 5.74) is 5.35. The van der Waals surface area contributed by atoms with Crippen LogP contribution in [0.15, 0.2) is 29.2 Å². The monoisotopic (exact) mass is 295 g/mol. The Morgan fingerprint density at radius 2 is 2.20 bits per heavy atom. The third kappa shape index (κ3) is 4.99. The summed E-state index contributed by atoms with van der Waals surface area (Å²) in [6.45, 7) is 1.97. The SMILES string of the molecule is CC(CC(N)=O)NCCS(=O)(=O)c1cccc(C#N)c1. The van der Waals surface area contributed by atoms with Crippen LogP contribution in [-0.4, -0.2) is 32.7 Å². The third-order valence-corrected chi connectivity index (χ3v) is 4.41. The van der Waals surface area contributed by atoms with Crippen LogP contribution in [0, 0.1) is 11.3 Å². The Bertz CT molecular complexity index is 620. The molecule has 0 fully saturated rings. The van der Waals surface area contributed by atoms with Gasteiger partial charge in [-0.2, -0.15) is 5.26 Å². The Morgan fingerprint density at radius 3 is 2.80 bits per heavy atom. The van der Waals surface area contributed by atoms with Crippen molar-refractivity contribution in [1.82, 2.24) is 5.32 Å². The number of rotatable bonds is 7. The zero-order valence-electron chi connectivity index (χ0n) is 11.2. The van der Waals surface area contributed by atoms with E-state index in [0.29, 0.717) is 5.56 Å². The first-order chi connectivity index (χ1) is 9.35. The second kappa shape index (κ2) is 7.03. The van der Waals surface area contributed by atoms with Crippen LogP contribution in [0.25, 0.3) is 0 Å². The summed E-state index contributed by atoms with van der Waals surface area (Å²) in [5, 5.41) is 11.7. The molecule has 3 N–H and O–H groups in total. The first-order valence-electron chi connectivity index (χ1n) is 6.10. The van der Waals surface area contributed by atoms with Crippen LogP contribution in [-0.2, 0) is 14.6 Å². The number of nitrogens with zero attached hydrogens (tertiary/aromatic N) is 1. The zero-order valence-corrected chi connectivity index (χ0v) is 12.0. The second-order valence-electron chi connectivity index (χ2n) is 4.48. The van der Waals surface area contributed by atoms with Crippen molar-refractivity contribution in [3.05, 3.63) is 29.8 Å². The van der Waals surface area contributed by atoms with E-state index in [2.05, 4.69) is 5.32 Å². The minimum absolute atomic E-state index is 0.106. The molecule has 6 nitrogen and oxygen atoms in total. The van der Waals surface area contributed by atoms with Crippen molar-refractivity contribution in [3.63, 3.8) is 0 Å². The van der Waals surface area contributed by atoms with Crippen molar-refractivity contribution in [2.75, 3.05) is 12.3 Å². The van der Waals surface area contributed by atoms with Crippen LogP contribution in [0.2, 0.25) is 0 Å². The Labute approximate surface area is 118 Å². The highest BCUT2D eigenvalue weighted by atomic mass is 32.2. The van der Waals surface area contributed by atoms with Gasteiger partial charge < -0.3 is 11.1 Å². The predicted molar refractivity (Wildman–Crippen MR) is 74.5 cm³/mol. The first-order valence-corrected chi connectivity index (χ1v) is 7.75. The molecule has 1 aromatic carbocycles. The second-order valence-corrected chi connectivity index (χ2v) is 6.59. The molecule has 0 saturated heterocycles. The molecule has 108 valence electrons. The number of nitrogens with two attached hydrogens (primary N) is 1. The fourth-order valence-corrected chi connectivity index (χ4v) is 2.91. The molecule has 0 aliphatic heterocycles. The van der Waals surface area contributed by atoms with Gasteiger partial charge in [0.15, 0.2) is 9.84 Å². The lowest BCUT2D eigenvalue weighted by Gasteiger charge is -2.12. The number of carbonyl (C=O) groups excluding carboxylic acids is 1. The molecule has 1 unspecified atom stereocenters. The maximum atomic E-state index is 12.1. The van der Waals surface area contributed by atoms with Gasteiger partial charge in [-0.05, 0) is 25.1 Å². The van der Waals surface area contributed by atoms with Gasteiger partial charge in [-0.15, -0.1) is 0 Å². The molecule has 1 atom stereocenters. The van der Waals surface area contributed by atoms with Gasteiger partial charge in [0.25, 0.3) is 0 Å². The smallest absolute Gasteiger partial charge is 0.218 e. The van der Waals surface area contributed by atoms with E-state index in [0.717, 1.165) is 0 Å². The Kier molecular flexibility index (Phi) is 5.67. The normalized spacial score (nSPS) is 12.6. The third-order valence-electron chi connectivity index (χ3n) is 2.69. The molecular weight excluding hydrogens is 278 g/mol. The summed E-state index contributed by atoms with van der Waals surface area (Å²) in [7, 11) is -3.45. The highest BCUT2D eigenvalue weighted by Gasteiger charge is 2.15. The van der Waals surface area contributed by atoms with Crippen LogP contribution in [0.1, 0.15) is 18.9 Å². The van der Waals surface area contributed by atoms with Crippen LogP contribution < -0.4 is 11.1 Å². The van der Waals surface area contributed by atoms with Crippen molar-refractivity contribution < 1.29 is 13.2 Å². The molecule has 7 heteroatoms. The molecule has 0 saturated carbocycles. The van der Waals surface area contributed by atoms with Gasteiger partial charge in [-0.1, -0.05) is 6.07 Å². The topological polar surface area (TPSA) is 113 Å². The number of carbonyl (C=O) groups is 1. The number of amides is 1. The number of sulfone groups is 1.